The number of hydrogen-bond donors (Lipinski definition) is 2. The van der Waals surface area contributed by atoms with Crippen LogP contribution in [0.5, 0.6) is 0 Å². The van der Waals surface area contributed by atoms with Crippen LogP contribution in [-0.2, 0) is 10.0 Å². The van der Waals surface area contributed by atoms with Crippen molar-refractivity contribution in [2.45, 2.75) is 17.9 Å². The lowest BCUT2D eigenvalue weighted by Gasteiger charge is -2.11. The third kappa shape index (κ3) is 3.71. The van der Waals surface area contributed by atoms with Gasteiger partial charge in [-0.05, 0) is 53.8 Å². The Hall–Kier alpha value is -0.180. The van der Waals surface area contributed by atoms with Crippen LogP contribution in [0.4, 0.5) is 0 Å². The fourth-order valence-electron chi connectivity index (χ4n) is 0.995. The van der Waals surface area contributed by atoms with Gasteiger partial charge in [0.25, 0.3) is 0 Å². The second kappa shape index (κ2) is 5.24. The van der Waals surface area contributed by atoms with Crippen LogP contribution in [0, 0.1) is 3.57 Å². The summed E-state index contributed by atoms with van der Waals surface area (Å²) in [4.78, 5) is 0.267. The quantitative estimate of drug-likeness (QED) is 0.801. The Bertz CT molecular complexity index is 416. The van der Waals surface area contributed by atoms with Crippen LogP contribution in [0.25, 0.3) is 0 Å². The molecule has 6 heteroatoms. The van der Waals surface area contributed by atoms with Gasteiger partial charge in [-0.3, -0.25) is 0 Å². The summed E-state index contributed by atoms with van der Waals surface area (Å²) in [6.07, 6.45) is 0. The minimum absolute atomic E-state index is 0.255. The van der Waals surface area contributed by atoms with Crippen LogP contribution in [0.2, 0.25) is 0 Å². The topological polar surface area (TPSA) is 72.2 Å². The zero-order chi connectivity index (χ0) is 11.5. The lowest BCUT2D eigenvalue weighted by Crippen LogP contribution is -2.37. The van der Waals surface area contributed by atoms with E-state index in [1.165, 1.54) is 0 Å². The van der Waals surface area contributed by atoms with Crippen molar-refractivity contribution in [3.8, 4) is 0 Å². The third-order valence-corrected chi connectivity index (χ3v) is 4.16. The van der Waals surface area contributed by atoms with Gasteiger partial charge in [0, 0.05) is 16.2 Å². The lowest BCUT2D eigenvalue weighted by atomic mass is 10.4. The summed E-state index contributed by atoms with van der Waals surface area (Å²) in [6.45, 7) is 2.01. The smallest absolute Gasteiger partial charge is 0.240 e. The fraction of sp³-hybridized carbons (Fsp3) is 0.333. The Balaban J connectivity index is 2.91. The monoisotopic (exact) mass is 340 g/mol. The van der Waals surface area contributed by atoms with E-state index in [0.29, 0.717) is 0 Å². The summed E-state index contributed by atoms with van der Waals surface area (Å²) in [6, 6.07) is 6.40. The van der Waals surface area contributed by atoms with Gasteiger partial charge in [-0.1, -0.05) is 0 Å². The SMILES string of the molecule is CC(CN)NS(=O)(=O)c1ccc(I)cc1. The van der Waals surface area contributed by atoms with Gasteiger partial charge in [-0.2, -0.15) is 0 Å². The highest BCUT2D eigenvalue weighted by atomic mass is 127. The Morgan fingerprint density at radius 1 is 1.40 bits per heavy atom. The molecule has 1 aromatic rings. The first-order valence-corrected chi connectivity index (χ1v) is 7.00. The molecule has 0 aromatic heterocycles. The second-order valence-corrected chi connectivity index (χ2v) is 6.17. The molecule has 0 amide bonds. The van der Waals surface area contributed by atoms with Crippen LogP contribution in [0.3, 0.4) is 0 Å². The standard InChI is InChI=1S/C9H13IN2O2S/c1-7(6-11)12-15(13,14)9-4-2-8(10)3-5-9/h2-5,7,12H,6,11H2,1H3. The molecule has 15 heavy (non-hydrogen) atoms. The largest absolute Gasteiger partial charge is 0.329 e. The molecule has 0 saturated carbocycles. The van der Waals surface area contributed by atoms with Gasteiger partial charge < -0.3 is 5.73 Å². The Morgan fingerprint density at radius 2 is 1.93 bits per heavy atom. The van der Waals surface area contributed by atoms with Gasteiger partial charge >= 0.3 is 0 Å². The molecule has 0 aliphatic carbocycles. The van der Waals surface area contributed by atoms with Crippen molar-refractivity contribution in [2.24, 2.45) is 5.73 Å². The number of nitrogens with one attached hydrogen (secondary N) is 1. The van der Waals surface area contributed by atoms with E-state index in [9.17, 15) is 8.42 Å². The number of hydrogen-bond acceptors (Lipinski definition) is 3. The average molecular weight is 340 g/mol. The zero-order valence-electron chi connectivity index (χ0n) is 8.27. The molecule has 84 valence electrons. The molecule has 1 atom stereocenters. The average Bonchev–Trinajstić information content (AvgIpc) is 2.17. The minimum atomic E-state index is -3.42. The molecule has 0 spiro atoms. The number of rotatable bonds is 4. The molecular weight excluding hydrogens is 327 g/mol. The van der Waals surface area contributed by atoms with Crippen molar-refractivity contribution >= 4 is 32.6 Å². The summed E-state index contributed by atoms with van der Waals surface area (Å²) < 4.78 is 27.0. The maximum absolute atomic E-state index is 11.7. The van der Waals surface area contributed by atoms with E-state index in [1.807, 2.05) is 0 Å². The first-order valence-electron chi connectivity index (χ1n) is 4.43. The van der Waals surface area contributed by atoms with E-state index in [4.69, 9.17) is 5.73 Å². The van der Waals surface area contributed by atoms with Crippen molar-refractivity contribution < 1.29 is 8.42 Å². The summed E-state index contributed by atoms with van der Waals surface area (Å²) in [5, 5.41) is 0. The molecule has 1 unspecified atom stereocenters. The molecule has 0 radical (unpaired) electrons. The van der Waals surface area contributed by atoms with Crippen LogP contribution in [0.15, 0.2) is 29.2 Å². The number of halogens is 1. The molecule has 0 aliphatic rings. The maximum Gasteiger partial charge on any atom is 0.240 e. The van der Waals surface area contributed by atoms with E-state index < -0.39 is 10.0 Å². The Kier molecular flexibility index (Phi) is 4.50. The van der Waals surface area contributed by atoms with Crippen molar-refractivity contribution in [1.82, 2.24) is 4.72 Å². The van der Waals surface area contributed by atoms with Crippen LogP contribution in [-0.4, -0.2) is 21.0 Å². The molecule has 0 saturated heterocycles. The van der Waals surface area contributed by atoms with Gasteiger partial charge in [0.15, 0.2) is 0 Å². The normalized spacial score (nSPS) is 13.8. The molecule has 0 fully saturated rings. The first-order chi connectivity index (χ1) is 6.95. The summed E-state index contributed by atoms with van der Waals surface area (Å²) >= 11 is 2.12. The molecule has 1 rings (SSSR count). The van der Waals surface area contributed by atoms with E-state index in [-0.39, 0.29) is 17.5 Å². The predicted octanol–water partition coefficient (Wildman–Crippen LogP) is 0.917. The fourth-order valence-corrected chi connectivity index (χ4v) is 2.61. The highest BCUT2D eigenvalue weighted by Gasteiger charge is 2.15. The van der Waals surface area contributed by atoms with E-state index in [2.05, 4.69) is 27.3 Å². The van der Waals surface area contributed by atoms with Gasteiger partial charge in [0.2, 0.25) is 10.0 Å². The van der Waals surface area contributed by atoms with Gasteiger partial charge in [0.05, 0.1) is 4.90 Å². The third-order valence-electron chi connectivity index (χ3n) is 1.83. The van der Waals surface area contributed by atoms with E-state index in [0.717, 1.165) is 3.57 Å². The zero-order valence-corrected chi connectivity index (χ0v) is 11.2. The second-order valence-electron chi connectivity index (χ2n) is 3.21. The minimum Gasteiger partial charge on any atom is -0.329 e. The molecule has 0 heterocycles. The highest BCUT2D eigenvalue weighted by molar-refractivity contribution is 14.1. The van der Waals surface area contributed by atoms with Crippen molar-refractivity contribution in [3.05, 3.63) is 27.8 Å². The summed E-state index contributed by atoms with van der Waals surface area (Å²) in [7, 11) is -3.42. The van der Waals surface area contributed by atoms with Crippen LogP contribution >= 0.6 is 22.6 Å². The molecule has 3 N–H and O–H groups in total. The van der Waals surface area contributed by atoms with Gasteiger partial charge in [-0.15, -0.1) is 0 Å². The van der Waals surface area contributed by atoms with Gasteiger partial charge in [0.1, 0.15) is 0 Å². The van der Waals surface area contributed by atoms with Crippen LogP contribution < -0.4 is 10.5 Å². The molecular formula is C9H13IN2O2S. The number of nitrogens with two attached hydrogens (primary N) is 1. The highest BCUT2D eigenvalue weighted by Crippen LogP contribution is 2.12. The van der Waals surface area contributed by atoms with Crippen molar-refractivity contribution in [2.75, 3.05) is 6.54 Å². The molecule has 0 bridgehead atoms. The Labute approximate surface area is 103 Å². The number of sulfonamides is 1. The lowest BCUT2D eigenvalue weighted by molar-refractivity contribution is 0.562. The van der Waals surface area contributed by atoms with E-state index >= 15 is 0 Å². The Morgan fingerprint density at radius 3 is 2.40 bits per heavy atom. The van der Waals surface area contributed by atoms with Gasteiger partial charge in [-0.25, -0.2) is 13.1 Å². The molecule has 1 aromatic carbocycles. The number of benzene rings is 1. The predicted molar refractivity (Wildman–Crippen MR) is 68.0 cm³/mol. The molecule has 0 aliphatic heterocycles. The molecule has 4 nitrogen and oxygen atoms in total. The van der Waals surface area contributed by atoms with Crippen molar-refractivity contribution in [1.29, 1.82) is 0 Å². The van der Waals surface area contributed by atoms with E-state index in [1.54, 1.807) is 31.2 Å². The maximum atomic E-state index is 11.7. The summed E-state index contributed by atoms with van der Waals surface area (Å²) in [5.41, 5.74) is 5.35. The first kappa shape index (κ1) is 12.9. The summed E-state index contributed by atoms with van der Waals surface area (Å²) in [5.74, 6) is 0. The van der Waals surface area contributed by atoms with Crippen molar-refractivity contribution in [3.63, 3.8) is 0 Å². The van der Waals surface area contributed by atoms with Crippen LogP contribution in [0.1, 0.15) is 6.92 Å².